The minimum atomic E-state index is -4.34. The molecule has 508 valence electrons. The Morgan fingerprint density at radius 2 is 0.682 bits per heavy atom. The van der Waals surface area contributed by atoms with E-state index in [0.717, 1.165) is 109 Å². The molecule has 0 heterocycles. The van der Waals surface area contributed by atoms with E-state index in [4.69, 9.17) is 9.05 Å². The molecule has 0 bridgehead atoms. The monoisotopic (exact) mass is 1250 g/mol. The molecule has 0 radical (unpaired) electrons. The highest BCUT2D eigenvalue weighted by Gasteiger charge is 2.28. The molecule has 8 nitrogen and oxygen atoms in total. The zero-order valence-corrected chi connectivity index (χ0v) is 59.1. The number of rotatable bonds is 67. The molecule has 0 aromatic rings. The number of phosphoric ester groups is 1. The van der Waals surface area contributed by atoms with Crippen LogP contribution in [-0.4, -0.2) is 73.4 Å². The molecule has 88 heavy (non-hydrogen) atoms. The van der Waals surface area contributed by atoms with Crippen molar-refractivity contribution < 1.29 is 32.9 Å². The molecule has 0 rings (SSSR count). The number of aliphatic hydroxyl groups excluding tert-OH is 1. The molecular weight excluding hydrogens is 1100 g/mol. The molecular formula is C79H142N2O6P+. The van der Waals surface area contributed by atoms with E-state index in [1.54, 1.807) is 0 Å². The van der Waals surface area contributed by atoms with Crippen LogP contribution in [0.5, 0.6) is 0 Å². The minimum absolute atomic E-state index is 0.0696. The van der Waals surface area contributed by atoms with Crippen molar-refractivity contribution in [1.82, 2.24) is 5.32 Å². The Hall–Kier alpha value is -3.10. The van der Waals surface area contributed by atoms with E-state index in [9.17, 15) is 19.4 Å². The Balaban J connectivity index is 4.06. The molecule has 0 spiro atoms. The van der Waals surface area contributed by atoms with Gasteiger partial charge in [0.1, 0.15) is 13.2 Å². The van der Waals surface area contributed by atoms with Crippen LogP contribution in [0, 0.1) is 0 Å². The molecule has 1 amide bonds. The SMILES string of the molecule is CC/C=C\C/C=C\C/C=C\C/C=C\C/C=C\C/C=C\C/C=C\C/C=C\C/C=C\C/C=C\CCCCCCCCCCCCC(=O)NC(COP(=O)(O)OCC[N+](C)(C)C)C(O)CCCCCCCCCCCCCCCCCCCCCCCCCCC. The maximum Gasteiger partial charge on any atom is 0.472 e. The molecule has 0 aliphatic rings. The van der Waals surface area contributed by atoms with Crippen molar-refractivity contribution >= 4 is 13.7 Å². The number of aliphatic hydroxyl groups is 1. The van der Waals surface area contributed by atoms with E-state index in [0.29, 0.717) is 23.9 Å². The molecule has 0 aliphatic carbocycles. The van der Waals surface area contributed by atoms with Gasteiger partial charge < -0.3 is 19.8 Å². The fourth-order valence-corrected chi connectivity index (χ4v) is 11.3. The van der Waals surface area contributed by atoms with E-state index in [1.807, 2.05) is 21.1 Å². The summed E-state index contributed by atoms with van der Waals surface area (Å²) in [5, 5.41) is 14.2. The quantitative estimate of drug-likeness (QED) is 0.0243. The van der Waals surface area contributed by atoms with E-state index < -0.39 is 20.0 Å². The zero-order chi connectivity index (χ0) is 64.1. The highest BCUT2D eigenvalue weighted by molar-refractivity contribution is 7.47. The van der Waals surface area contributed by atoms with Gasteiger partial charge in [-0.3, -0.25) is 13.8 Å². The van der Waals surface area contributed by atoms with E-state index >= 15 is 0 Å². The van der Waals surface area contributed by atoms with Crippen LogP contribution in [0.1, 0.15) is 322 Å². The summed E-state index contributed by atoms with van der Waals surface area (Å²) < 4.78 is 23.9. The first kappa shape index (κ1) is 84.9. The van der Waals surface area contributed by atoms with E-state index in [1.165, 1.54) is 186 Å². The summed E-state index contributed by atoms with van der Waals surface area (Å²) in [5.41, 5.74) is 0. The summed E-state index contributed by atoms with van der Waals surface area (Å²) in [6.45, 7) is 4.80. The van der Waals surface area contributed by atoms with Crippen molar-refractivity contribution in [3.8, 4) is 0 Å². The van der Waals surface area contributed by atoms with E-state index in [2.05, 4.69) is 141 Å². The van der Waals surface area contributed by atoms with Gasteiger partial charge >= 0.3 is 7.82 Å². The molecule has 0 aromatic carbocycles. The van der Waals surface area contributed by atoms with Gasteiger partial charge in [-0.1, -0.05) is 347 Å². The Morgan fingerprint density at radius 3 is 1.00 bits per heavy atom. The number of allylic oxidation sites excluding steroid dienone is 20. The highest BCUT2D eigenvalue weighted by atomic mass is 31.2. The number of likely N-dealkylation sites (N-methyl/N-ethyl adjacent to an activating group) is 1. The predicted molar refractivity (Wildman–Crippen MR) is 387 cm³/mol. The molecule has 9 heteroatoms. The second-order valence-electron chi connectivity index (χ2n) is 25.9. The van der Waals surface area contributed by atoms with Crippen LogP contribution >= 0.6 is 7.82 Å². The molecule has 3 N–H and O–H groups in total. The predicted octanol–water partition coefficient (Wildman–Crippen LogP) is 24.0. The van der Waals surface area contributed by atoms with Gasteiger partial charge in [-0.05, 0) is 89.9 Å². The maximum absolute atomic E-state index is 13.1. The maximum atomic E-state index is 13.1. The summed E-state index contributed by atoms with van der Waals surface area (Å²) in [6.07, 6.45) is 102. The van der Waals surface area contributed by atoms with Crippen molar-refractivity contribution in [3.63, 3.8) is 0 Å². The molecule has 3 atom stereocenters. The van der Waals surface area contributed by atoms with Crippen LogP contribution in [0.25, 0.3) is 0 Å². The third-order valence-corrected chi connectivity index (χ3v) is 17.2. The van der Waals surface area contributed by atoms with Crippen LogP contribution in [0.15, 0.2) is 122 Å². The summed E-state index contributed by atoms with van der Waals surface area (Å²) >= 11 is 0. The van der Waals surface area contributed by atoms with Gasteiger partial charge in [0.2, 0.25) is 5.91 Å². The fraction of sp³-hybridized carbons (Fsp3) is 0.734. The molecule has 0 aromatic heterocycles. The molecule has 0 aliphatic heterocycles. The van der Waals surface area contributed by atoms with Crippen LogP contribution in [0.4, 0.5) is 0 Å². The number of nitrogens with zero attached hydrogens (tertiary/aromatic N) is 1. The third kappa shape index (κ3) is 70.4. The fourth-order valence-electron chi connectivity index (χ4n) is 10.5. The lowest BCUT2D eigenvalue weighted by atomic mass is 10.0. The average Bonchev–Trinajstić information content (AvgIpc) is 3.71. The molecule has 0 fully saturated rings. The lowest BCUT2D eigenvalue weighted by Crippen LogP contribution is -2.46. The normalized spacial score (nSPS) is 14.3. The smallest absolute Gasteiger partial charge is 0.391 e. The van der Waals surface area contributed by atoms with Gasteiger partial charge in [-0.25, -0.2) is 4.57 Å². The first-order valence-corrected chi connectivity index (χ1v) is 38.4. The largest absolute Gasteiger partial charge is 0.472 e. The number of amides is 1. The number of phosphoric acid groups is 1. The number of unbranched alkanes of at least 4 members (excludes halogenated alkanes) is 34. The van der Waals surface area contributed by atoms with Gasteiger partial charge in [0, 0.05) is 6.42 Å². The third-order valence-electron chi connectivity index (χ3n) is 16.2. The second kappa shape index (κ2) is 68.3. The number of carbonyl (C=O) groups excluding carboxylic acids is 1. The number of carbonyl (C=O) groups is 1. The van der Waals surface area contributed by atoms with Gasteiger partial charge in [0.05, 0.1) is 39.9 Å². The first-order chi connectivity index (χ1) is 43.0. The molecule has 0 saturated heterocycles. The van der Waals surface area contributed by atoms with Gasteiger partial charge in [-0.15, -0.1) is 0 Å². The number of hydrogen-bond acceptors (Lipinski definition) is 5. The Labute approximate surface area is 545 Å². The minimum Gasteiger partial charge on any atom is -0.391 e. The number of nitrogens with one attached hydrogen (secondary N) is 1. The van der Waals surface area contributed by atoms with Crippen molar-refractivity contribution in [2.45, 2.75) is 334 Å². The van der Waals surface area contributed by atoms with Crippen LogP contribution in [-0.2, 0) is 18.4 Å². The summed E-state index contributed by atoms with van der Waals surface area (Å²) in [5.74, 6) is -0.149. The van der Waals surface area contributed by atoms with E-state index in [-0.39, 0.29) is 19.1 Å². The van der Waals surface area contributed by atoms with Crippen molar-refractivity contribution in [1.29, 1.82) is 0 Å². The molecule has 3 unspecified atom stereocenters. The van der Waals surface area contributed by atoms with Gasteiger partial charge in [-0.2, -0.15) is 0 Å². The molecule has 0 saturated carbocycles. The summed E-state index contributed by atoms with van der Waals surface area (Å²) in [7, 11) is 1.61. The highest BCUT2D eigenvalue weighted by Crippen LogP contribution is 2.43. The Morgan fingerprint density at radius 1 is 0.398 bits per heavy atom. The van der Waals surface area contributed by atoms with Gasteiger partial charge in [0.15, 0.2) is 0 Å². The van der Waals surface area contributed by atoms with Crippen LogP contribution in [0.3, 0.4) is 0 Å². The Bertz CT molecular complexity index is 1850. The summed E-state index contributed by atoms with van der Waals surface area (Å²) in [4.78, 5) is 23.5. The second-order valence-corrected chi connectivity index (χ2v) is 27.4. The topological polar surface area (TPSA) is 105 Å². The lowest BCUT2D eigenvalue weighted by molar-refractivity contribution is -0.870. The first-order valence-electron chi connectivity index (χ1n) is 36.9. The lowest BCUT2D eigenvalue weighted by Gasteiger charge is -2.26. The average molecular weight is 1250 g/mol. The van der Waals surface area contributed by atoms with Crippen LogP contribution < -0.4 is 5.32 Å². The standard InChI is InChI=1S/C79H141N2O6P/c1-6-8-10-12-14-16-18-20-22-24-26-28-30-32-33-34-35-36-37-38-39-40-41-42-43-44-45-46-47-49-51-53-55-57-59-61-63-65-67-69-71-73-79(83)80-77(76-87-88(84,85)86-75-74-81(3,4)5)78(82)72-70-68-66-64-62-60-58-56-54-52-50-48-31-29-27-25-23-21-19-17-15-13-11-9-7-2/h8,10,14,16,20,22,26,28,32-33,35-36,38-39,41-42,44-45,47,49,77-78,82H,6-7,9,11-13,15,17-19,21,23-25,27,29-31,34,37,40,43,46,48,50-76H2,1-5H3,(H-,80,83,84,85)/p+1/b10-8-,16-14-,22-20-,28-26-,33-32-,36-35-,39-38-,42-41-,45-44-,49-47-. The van der Waals surface area contributed by atoms with Crippen molar-refractivity contribution in [2.24, 2.45) is 0 Å². The van der Waals surface area contributed by atoms with Crippen LogP contribution in [0.2, 0.25) is 0 Å². The Kier molecular flexibility index (Phi) is 65.9. The van der Waals surface area contributed by atoms with Crippen molar-refractivity contribution in [2.75, 3.05) is 40.9 Å². The van der Waals surface area contributed by atoms with Gasteiger partial charge in [0.25, 0.3) is 0 Å². The summed E-state index contributed by atoms with van der Waals surface area (Å²) in [6, 6.07) is -0.772. The number of quaternary nitrogens is 1. The zero-order valence-electron chi connectivity index (χ0n) is 58.2. The van der Waals surface area contributed by atoms with Crippen molar-refractivity contribution in [3.05, 3.63) is 122 Å². The number of hydrogen-bond donors (Lipinski definition) is 3.